The Bertz CT molecular complexity index is 1250. The van der Waals surface area contributed by atoms with Gasteiger partial charge in [-0.15, -0.1) is 11.8 Å². The first-order chi connectivity index (χ1) is 15.4. The maximum absolute atomic E-state index is 5.15. The molecule has 1 aromatic heterocycles. The lowest BCUT2D eigenvalue weighted by atomic mass is 9.91. The molecule has 5 aromatic rings. The van der Waals surface area contributed by atoms with E-state index in [1.807, 2.05) is 11.8 Å². The summed E-state index contributed by atoms with van der Waals surface area (Å²) in [6.45, 7) is 0. The maximum atomic E-state index is 5.15. The van der Waals surface area contributed by atoms with Crippen molar-refractivity contribution in [3.63, 3.8) is 0 Å². The minimum Gasteiger partial charge on any atom is -0.317 e. The normalized spacial score (nSPS) is 12.1. The molecule has 31 heavy (non-hydrogen) atoms. The van der Waals surface area contributed by atoms with Crippen molar-refractivity contribution in [3.8, 4) is 0 Å². The average Bonchev–Trinajstić information content (AvgIpc) is 3.21. The summed E-state index contributed by atoms with van der Waals surface area (Å²) in [6.07, 6.45) is 0.921. The van der Waals surface area contributed by atoms with Gasteiger partial charge in [0, 0.05) is 10.8 Å². The highest BCUT2D eigenvalue weighted by Crippen LogP contribution is 2.33. The first-order valence-corrected chi connectivity index (χ1v) is 11.6. The Balaban J connectivity index is 1.59. The molecule has 4 aromatic carbocycles. The summed E-state index contributed by atoms with van der Waals surface area (Å²) in [5.41, 5.74) is 4.87. The van der Waals surface area contributed by atoms with Crippen molar-refractivity contribution in [2.75, 3.05) is 0 Å². The van der Waals surface area contributed by atoms with Gasteiger partial charge in [-0.3, -0.25) is 0 Å². The molecule has 1 atom stereocenters. The maximum Gasteiger partial charge on any atom is 0.118 e. The van der Waals surface area contributed by atoms with Gasteiger partial charge >= 0.3 is 0 Å². The van der Waals surface area contributed by atoms with Crippen LogP contribution in [0, 0.1) is 0 Å². The molecule has 152 valence electrons. The van der Waals surface area contributed by atoms with Crippen LogP contribution in [0.5, 0.6) is 0 Å². The number of hydrogen-bond acceptors (Lipinski definition) is 2. The highest BCUT2D eigenvalue weighted by Gasteiger charge is 2.22. The molecule has 0 bridgehead atoms. The number of rotatable bonds is 7. The quantitative estimate of drug-likeness (QED) is 0.260. The fourth-order valence-corrected chi connectivity index (χ4v) is 4.94. The zero-order chi connectivity index (χ0) is 20.9. The van der Waals surface area contributed by atoms with E-state index < -0.39 is 0 Å². The molecule has 0 saturated heterocycles. The molecule has 1 unspecified atom stereocenters. The van der Waals surface area contributed by atoms with E-state index in [9.17, 15) is 0 Å². The lowest BCUT2D eigenvalue weighted by molar-refractivity contribution is 0.692. The first kappa shape index (κ1) is 19.7. The Hall–Kier alpha value is -3.30. The Morgan fingerprint density at radius 2 is 1.29 bits per heavy atom. The van der Waals surface area contributed by atoms with Crippen molar-refractivity contribution in [2.24, 2.45) is 0 Å². The van der Waals surface area contributed by atoms with Gasteiger partial charge < -0.3 is 4.57 Å². The fraction of sp³-hybridized carbons (Fsp3) is 0.107. The standard InChI is InChI=1S/C28H24N2S/c1-4-12-22(13-5-1)20-25(23-14-6-2-7-15-23)28-29-26-18-10-11-19-27(26)30(28)21-31-24-16-8-3-9-17-24/h1-19,25H,20-21H2. The zero-order valence-corrected chi connectivity index (χ0v) is 18.1. The van der Waals surface area contributed by atoms with Crippen LogP contribution in [0.3, 0.4) is 0 Å². The molecule has 2 nitrogen and oxygen atoms in total. The van der Waals surface area contributed by atoms with E-state index in [0.717, 1.165) is 23.6 Å². The Morgan fingerprint density at radius 3 is 2.03 bits per heavy atom. The summed E-state index contributed by atoms with van der Waals surface area (Å²) in [5.74, 6) is 2.14. The topological polar surface area (TPSA) is 17.8 Å². The third-order valence-electron chi connectivity index (χ3n) is 5.58. The van der Waals surface area contributed by atoms with Crippen LogP contribution in [0.15, 0.2) is 120 Å². The average molecular weight is 421 g/mol. The van der Waals surface area contributed by atoms with Crippen molar-refractivity contribution >= 4 is 22.8 Å². The lowest BCUT2D eigenvalue weighted by Crippen LogP contribution is -2.12. The largest absolute Gasteiger partial charge is 0.317 e. The smallest absolute Gasteiger partial charge is 0.118 e. The Morgan fingerprint density at radius 1 is 0.677 bits per heavy atom. The molecule has 0 N–H and O–H groups in total. The monoisotopic (exact) mass is 420 g/mol. The van der Waals surface area contributed by atoms with Crippen molar-refractivity contribution in [3.05, 3.63) is 132 Å². The van der Waals surface area contributed by atoms with Crippen LogP contribution >= 0.6 is 11.8 Å². The SMILES string of the molecule is c1ccc(CC(c2ccccc2)c2nc3ccccc3n2CSc2ccccc2)cc1. The molecule has 0 amide bonds. The van der Waals surface area contributed by atoms with E-state index in [0.29, 0.717) is 0 Å². The van der Waals surface area contributed by atoms with Gasteiger partial charge in [0.25, 0.3) is 0 Å². The Kier molecular flexibility index (Phi) is 5.85. The molecule has 0 aliphatic carbocycles. The van der Waals surface area contributed by atoms with Crippen molar-refractivity contribution in [1.29, 1.82) is 0 Å². The van der Waals surface area contributed by atoms with Gasteiger partial charge in [-0.2, -0.15) is 0 Å². The van der Waals surface area contributed by atoms with Crippen LogP contribution in [0.25, 0.3) is 11.0 Å². The second-order valence-corrected chi connectivity index (χ2v) is 8.64. The van der Waals surface area contributed by atoms with Gasteiger partial charge in [0.1, 0.15) is 5.82 Å². The molecule has 0 radical (unpaired) electrons. The molecule has 0 aliphatic heterocycles. The lowest BCUT2D eigenvalue weighted by Gasteiger charge is -2.19. The molecule has 0 aliphatic rings. The summed E-state index contributed by atoms with van der Waals surface area (Å²) in [5, 5.41) is 0. The number of para-hydroxylation sites is 2. The van der Waals surface area contributed by atoms with E-state index in [1.165, 1.54) is 21.5 Å². The van der Waals surface area contributed by atoms with E-state index in [2.05, 4.69) is 120 Å². The molecule has 1 heterocycles. The summed E-state index contributed by atoms with van der Waals surface area (Å²) < 4.78 is 2.40. The number of thioether (sulfide) groups is 1. The third-order valence-corrected chi connectivity index (χ3v) is 6.58. The highest BCUT2D eigenvalue weighted by atomic mass is 32.2. The third kappa shape index (κ3) is 4.42. The predicted octanol–water partition coefficient (Wildman–Crippen LogP) is 7.16. The molecule has 0 fully saturated rings. The minimum atomic E-state index is 0.187. The van der Waals surface area contributed by atoms with Gasteiger partial charge in [-0.1, -0.05) is 91.0 Å². The van der Waals surface area contributed by atoms with Gasteiger partial charge in [-0.05, 0) is 41.8 Å². The van der Waals surface area contributed by atoms with Crippen molar-refractivity contribution < 1.29 is 0 Å². The van der Waals surface area contributed by atoms with E-state index in [4.69, 9.17) is 4.98 Å². The van der Waals surface area contributed by atoms with Crippen molar-refractivity contribution in [2.45, 2.75) is 23.1 Å². The number of hydrogen-bond donors (Lipinski definition) is 0. The van der Waals surface area contributed by atoms with Crippen LogP contribution in [0.4, 0.5) is 0 Å². The summed E-state index contributed by atoms with van der Waals surface area (Å²) in [7, 11) is 0. The molecule has 5 rings (SSSR count). The molecule has 3 heteroatoms. The predicted molar refractivity (Wildman–Crippen MR) is 130 cm³/mol. The van der Waals surface area contributed by atoms with Gasteiger partial charge in [0.2, 0.25) is 0 Å². The molecule has 0 spiro atoms. The summed E-state index contributed by atoms with van der Waals surface area (Å²) >= 11 is 1.85. The number of fused-ring (bicyclic) bond motifs is 1. The van der Waals surface area contributed by atoms with E-state index >= 15 is 0 Å². The van der Waals surface area contributed by atoms with Crippen LogP contribution in [-0.4, -0.2) is 9.55 Å². The molecular weight excluding hydrogens is 396 g/mol. The number of aromatic nitrogens is 2. The van der Waals surface area contributed by atoms with Crippen LogP contribution in [-0.2, 0) is 12.3 Å². The summed E-state index contributed by atoms with van der Waals surface area (Å²) in [6, 6.07) is 40.6. The van der Waals surface area contributed by atoms with Gasteiger partial charge in [-0.25, -0.2) is 4.98 Å². The second-order valence-electron chi connectivity index (χ2n) is 7.63. The Labute approximate surface area is 187 Å². The van der Waals surface area contributed by atoms with Crippen LogP contribution in [0.2, 0.25) is 0 Å². The van der Waals surface area contributed by atoms with Crippen molar-refractivity contribution in [1.82, 2.24) is 9.55 Å². The molecule has 0 saturated carbocycles. The van der Waals surface area contributed by atoms with Gasteiger partial charge in [0.05, 0.1) is 16.9 Å². The fourth-order valence-electron chi connectivity index (χ4n) is 4.04. The van der Waals surface area contributed by atoms with Crippen LogP contribution in [0.1, 0.15) is 22.9 Å². The number of benzene rings is 4. The first-order valence-electron chi connectivity index (χ1n) is 10.6. The number of nitrogens with zero attached hydrogens (tertiary/aromatic N) is 2. The van der Waals surface area contributed by atoms with E-state index in [-0.39, 0.29) is 5.92 Å². The summed E-state index contributed by atoms with van der Waals surface area (Å²) in [4.78, 5) is 6.42. The second kappa shape index (κ2) is 9.23. The molecular formula is C28H24N2S. The number of imidazole rings is 1. The highest BCUT2D eigenvalue weighted by molar-refractivity contribution is 7.98. The van der Waals surface area contributed by atoms with Gasteiger partial charge in [0.15, 0.2) is 0 Å². The minimum absolute atomic E-state index is 0.187. The van der Waals surface area contributed by atoms with Crippen LogP contribution < -0.4 is 0 Å². The zero-order valence-electron chi connectivity index (χ0n) is 17.3. The van der Waals surface area contributed by atoms with E-state index in [1.54, 1.807) is 0 Å².